The molecule has 0 spiro atoms. The number of aromatic nitrogens is 1. The summed E-state index contributed by atoms with van der Waals surface area (Å²) in [5, 5.41) is 0. The molecule has 1 heteroatoms. The number of hydrogen-bond donors (Lipinski definition) is 0. The van der Waals surface area contributed by atoms with Gasteiger partial charge in [-0.05, 0) is 56.0 Å². The molecule has 1 aromatic heterocycles. The molecular formula is C22H24N+. The Labute approximate surface area is 139 Å². The van der Waals surface area contributed by atoms with E-state index in [0.29, 0.717) is 0 Å². The molecule has 1 heterocycles. The summed E-state index contributed by atoms with van der Waals surface area (Å²) in [6.45, 7) is 8.65. The van der Waals surface area contributed by atoms with E-state index < -0.39 is 0 Å². The zero-order chi connectivity index (χ0) is 16.6. The quantitative estimate of drug-likeness (QED) is 0.581. The largest absolute Gasteiger partial charge is 0.212 e. The lowest BCUT2D eigenvalue weighted by Crippen LogP contribution is -2.31. The summed E-state index contributed by atoms with van der Waals surface area (Å²) in [6.07, 6.45) is 2.21. The van der Waals surface area contributed by atoms with Crippen LogP contribution in [0.15, 0.2) is 54.7 Å². The van der Waals surface area contributed by atoms with E-state index in [0.717, 1.165) is 0 Å². The lowest BCUT2D eigenvalue weighted by atomic mass is 9.96. The first kappa shape index (κ1) is 15.5. The highest BCUT2D eigenvalue weighted by atomic mass is 14.9. The van der Waals surface area contributed by atoms with E-state index in [-0.39, 0.29) is 0 Å². The molecule has 23 heavy (non-hydrogen) atoms. The average Bonchev–Trinajstić information content (AvgIpc) is 2.53. The first-order chi connectivity index (χ1) is 11.0. The second-order valence-electron chi connectivity index (χ2n) is 6.53. The van der Waals surface area contributed by atoms with Gasteiger partial charge in [-0.25, -0.2) is 4.57 Å². The normalized spacial score (nSPS) is 10.8. The van der Waals surface area contributed by atoms with Crippen LogP contribution in [0.3, 0.4) is 0 Å². The fourth-order valence-electron chi connectivity index (χ4n) is 2.97. The van der Waals surface area contributed by atoms with E-state index in [9.17, 15) is 0 Å². The predicted octanol–water partition coefficient (Wildman–Crippen LogP) is 5.08. The summed E-state index contributed by atoms with van der Waals surface area (Å²) in [5.74, 6) is 0. The Morgan fingerprint density at radius 3 is 2.00 bits per heavy atom. The van der Waals surface area contributed by atoms with Crippen LogP contribution in [0.5, 0.6) is 0 Å². The number of benzene rings is 2. The minimum Gasteiger partial charge on any atom is -0.201 e. The summed E-state index contributed by atoms with van der Waals surface area (Å²) < 4.78 is 2.23. The van der Waals surface area contributed by atoms with Gasteiger partial charge in [0.05, 0.1) is 0 Å². The third-order valence-corrected chi connectivity index (χ3v) is 4.64. The van der Waals surface area contributed by atoms with Crippen molar-refractivity contribution in [3.05, 3.63) is 77.0 Å². The number of nitrogens with zero attached hydrogens (tertiary/aromatic N) is 1. The van der Waals surface area contributed by atoms with Gasteiger partial charge in [0.15, 0.2) is 6.20 Å². The molecule has 0 saturated carbocycles. The summed E-state index contributed by atoms with van der Waals surface area (Å²) in [6, 6.07) is 17.8. The maximum atomic E-state index is 2.31. The SMILES string of the molecule is Cc1ccc(-c2ccc(C)c(-c3cc(C)c(C)c[n+]3C)c2)cc1. The Balaban J connectivity index is 2.15. The second-order valence-corrected chi connectivity index (χ2v) is 6.53. The summed E-state index contributed by atoms with van der Waals surface area (Å²) >= 11 is 0. The fourth-order valence-corrected chi connectivity index (χ4v) is 2.97. The van der Waals surface area contributed by atoms with Gasteiger partial charge in [0, 0.05) is 17.2 Å². The van der Waals surface area contributed by atoms with Crippen molar-refractivity contribution in [2.24, 2.45) is 7.05 Å². The Bertz CT molecular complexity index is 858. The lowest BCUT2D eigenvalue weighted by Gasteiger charge is -2.10. The fraction of sp³-hybridized carbons (Fsp3) is 0.227. The molecular weight excluding hydrogens is 278 g/mol. The molecule has 0 aliphatic rings. The van der Waals surface area contributed by atoms with Crippen molar-refractivity contribution in [2.45, 2.75) is 27.7 Å². The van der Waals surface area contributed by atoms with E-state index >= 15 is 0 Å². The molecule has 1 nitrogen and oxygen atoms in total. The molecule has 3 aromatic rings. The Morgan fingerprint density at radius 2 is 1.30 bits per heavy atom. The Hall–Kier alpha value is -2.41. The monoisotopic (exact) mass is 302 g/mol. The van der Waals surface area contributed by atoms with Gasteiger partial charge in [-0.15, -0.1) is 0 Å². The van der Waals surface area contributed by atoms with Crippen LogP contribution in [0.2, 0.25) is 0 Å². The van der Waals surface area contributed by atoms with E-state index in [2.05, 4.69) is 94.0 Å². The van der Waals surface area contributed by atoms with Gasteiger partial charge in [-0.3, -0.25) is 0 Å². The highest BCUT2D eigenvalue weighted by Crippen LogP contribution is 2.28. The predicted molar refractivity (Wildman–Crippen MR) is 97.4 cm³/mol. The van der Waals surface area contributed by atoms with Gasteiger partial charge in [0.25, 0.3) is 0 Å². The van der Waals surface area contributed by atoms with E-state index in [1.54, 1.807) is 0 Å². The molecule has 0 radical (unpaired) electrons. The van der Waals surface area contributed by atoms with Crippen LogP contribution in [0, 0.1) is 27.7 Å². The first-order valence-electron chi connectivity index (χ1n) is 8.10. The summed E-state index contributed by atoms with van der Waals surface area (Å²) in [5.41, 5.74) is 10.4. The van der Waals surface area contributed by atoms with Crippen molar-refractivity contribution in [1.82, 2.24) is 0 Å². The van der Waals surface area contributed by atoms with Gasteiger partial charge in [0.2, 0.25) is 5.69 Å². The van der Waals surface area contributed by atoms with E-state index in [4.69, 9.17) is 0 Å². The van der Waals surface area contributed by atoms with Gasteiger partial charge < -0.3 is 0 Å². The van der Waals surface area contributed by atoms with Crippen LogP contribution in [0.1, 0.15) is 22.3 Å². The third kappa shape index (κ3) is 3.05. The van der Waals surface area contributed by atoms with Crippen molar-refractivity contribution in [2.75, 3.05) is 0 Å². The second kappa shape index (κ2) is 6.00. The number of pyridine rings is 1. The Morgan fingerprint density at radius 1 is 0.652 bits per heavy atom. The molecule has 0 aliphatic carbocycles. The summed E-state index contributed by atoms with van der Waals surface area (Å²) in [7, 11) is 2.12. The number of rotatable bonds is 2. The molecule has 0 N–H and O–H groups in total. The van der Waals surface area contributed by atoms with Crippen molar-refractivity contribution >= 4 is 0 Å². The van der Waals surface area contributed by atoms with Crippen molar-refractivity contribution < 1.29 is 4.57 Å². The smallest absolute Gasteiger partial charge is 0.201 e. The van der Waals surface area contributed by atoms with Crippen molar-refractivity contribution in [1.29, 1.82) is 0 Å². The Kier molecular flexibility index (Phi) is 4.04. The number of aryl methyl sites for hydroxylation is 5. The van der Waals surface area contributed by atoms with Crippen LogP contribution < -0.4 is 4.57 Å². The van der Waals surface area contributed by atoms with Crippen LogP contribution in [0.4, 0.5) is 0 Å². The highest BCUT2D eigenvalue weighted by molar-refractivity contribution is 5.73. The van der Waals surface area contributed by atoms with Crippen LogP contribution >= 0.6 is 0 Å². The minimum absolute atomic E-state index is 1.26. The molecule has 0 saturated heterocycles. The van der Waals surface area contributed by atoms with Crippen LogP contribution in [-0.4, -0.2) is 0 Å². The average molecular weight is 302 g/mol. The summed E-state index contributed by atoms with van der Waals surface area (Å²) in [4.78, 5) is 0. The zero-order valence-corrected chi connectivity index (χ0v) is 14.6. The van der Waals surface area contributed by atoms with Gasteiger partial charge in [-0.2, -0.15) is 0 Å². The zero-order valence-electron chi connectivity index (χ0n) is 14.6. The topological polar surface area (TPSA) is 3.88 Å². The van der Waals surface area contributed by atoms with Crippen molar-refractivity contribution in [3.63, 3.8) is 0 Å². The van der Waals surface area contributed by atoms with Gasteiger partial charge in [0.1, 0.15) is 7.05 Å². The maximum absolute atomic E-state index is 2.31. The minimum atomic E-state index is 1.26. The van der Waals surface area contributed by atoms with E-state index in [1.807, 2.05) is 0 Å². The molecule has 0 aliphatic heterocycles. The molecule has 0 atom stereocenters. The van der Waals surface area contributed by atoms with Crippen molar-refractivity contribution in [3.8, 4) is 22.4 Å². The molecule has 2 aromatic carbocycles. The molecule has 0 fully saturated rings. The maximum Gasteiger partial charge on any atom is 0.212 e. The molecule has 116 valence electrons. The van der Waals surface area contributed by atoms with Crippen LogP contribution in [-0.2, 0) is 7.05 Å². The standard InChI is InChI=1S/C22H24N/c1-15-6-9-19(10-7-15)20-11-8-16(2)21(13-20)22-12-17(3)18(4)14-23(22)5/h6-14H,1-5H3/q+1. The number of hydrogen-bond acceptors (Lipinski definition) is 0. The van der Waals surface area contributed by atoms with Crippen LogP contribution in [0.25, 0.3) is 22.4 Å². The molecule has 0 bridgehead atoms. The van der Waals surface area contributed by atoms with Gasteiger partial charge in [-0.1, -0.05) is 42.0 Å². The molecule has 0 unspecified atom stereocenters. The third-order valence-electron chi connectivity index (χ3n) is 4.64. The lowest BCUT2D eigenvalue weighted by molar-refractivity contribution is -0.660. The van der Waals surface area contributed by atoms with Gasteiger partial charge >= 0.3 is 0 Å². The molecule has 3 rings (SSSR count). The van der Waals surface area contributed by atoms with E-state index in [1.165, 1.54) is 44.6 Å². The first-order valence-corrected chi connectivity index (χ1v) is 8.10. The molecule has 0 amide bonds. The highest BCUT2D eigenvalue weighted by Gasteiger charge is 2.15.